The van der Waals surface area contributed by atoms with Crippen molar-refractivity contribution in [3.05, 3.63) is 316 Å². The van der Waals surface area contributed by atoms with Crippen molar-refractivity contribution in [3.8, 4) is 44.8 Å². The molecule has 0 spiro atoms. The molecule has 1 N–H and O–H groups in total. The number of anilines is 6. The summed E-state index contributed by atoms with van der Waals surface area (Å²) in [6.45, 7) is 8.35. The number of esters is 2. The maximum absolute atomic E-state index is 12.2. The van der Waals surface area contributed by atoms with Gasteiger partial charge in [-0.3, -0.25) is 24.1 Å². The van der Waals surface area contributed by atoms with Gasteiger partial charge in [-0.2, -0.15) is 8.42 Å². The predicted molar refractivity (Wildman–Crippen MR) is 423 cm³/mol. The van der Waals surface area contributed by atoms with E-state index in [2.05, 4.69) is 216 Å². The number of pyridine rings is 4. The molecule has 15 heteroatoms. The van der Waals surface area contributed by atoms with E-state index in [1.54, 1.807) is 12.4 Å². The first-order valence-corrected chi connectivity index (χ1v) is 37.2. The molecule has 0 aliphatic carbocycles. The third-order valence-corrected chi connectivity index (χ3v) is 18.9. The van der Waals surface area contributed by atoms with Crippen molar-refractivity contribution in [1.82, 2.24) is 19.9 Å². The maximum atomic E-state index is 12.2. The molecule has 0 bridgehead atoms. The fourth-order valence-corrected chi connectivity index (χ4v) is 12.5. The summed E-state index contributed by atoms with van der Waals surface area (Å²) in [4.78, 5) is 47.1. The minimum absolute atomic E-state index is 0. The van der Waals surface area contributed by atoms with Gasteiger partial charge in [0.2, 0.25) is 0 Å². The van der Waals surface area contributed by atoms with Gasteiger partial charge in [0.05, 0.1) is 30.7 Å². The number of fused-ring (bicyclic) bond motifs is 3. The summed E-state index contributed by atoms with van der Waals surface area (Å²) in [6, 6.07) is 102. The maximum Gasteiger partial charge on any atom is 0.327 e. The first-order valence-electron chi connectivity index (χ1n) is 35.7. The Hall–Kier alpha value is -10.8. The number of rotatable bonds is 26. The zero-order valence-electron chi connectivity index (χ0n) is 59.7. The average Bonchev–Trinajstić information content (AvgIpc) is 0.769. The molecule has 105 heavy (non-hydrogen) atoms. The minimum Gasteiger partial charge on any atom is -0.465 e. The molecular weight excluding hydrogens is 1500 g/mol. The first-order chi connectivity index (χ1) is 50.9. The minimum atomic E-state index is -4.76. The molecule has 0 fully saturated rings. The van der Waals surface area contributed by atoms with Gasteiger partial charge in [0.15, 0.2) is 5.25 Å². The zero-order chi connectivity index (χ0) is 72.7. The Balaban J connectivity index is 0.000000199. The number of unbranched alkanes of at least 4 members (excludes halogenated alkanes) is 2. The van der Waals surface area contributed by atoms with E-state index in [0.717, 1.165) is 152 Å². The van der Waals surface area contributed by atoms with E-state index in [1.807, 2.05) is 135 Å². The topological polar surface area (TPSA) is 165 Å². The molecule has 0 amide bonds. The van der Waals surface area contributed by atoms with Gasteiger partial charge in [0.1, 0.15) is 0 Å². The summed E-state index contributed by atoms with van der Waals surface area (Å²) in [7, 11) is -4.76. The standard InChI is InChI=1S/C48H34N4.C20H38O7S.2C11H8N.Ir/c1-5-13-41(14-6-1)51(42-15-7-2-8-16-42)45-27-23-35(24-28-45)39-31-37-21-22-38-32-40(34-50-48(38)47(37)49-33-39)36-25-29-46(30-26-36)52(43-17-9-3-10-18-43)44-19-11-4-12-20-44;1-5-9-11-16(7-3)14-26-19(21)13-18(28(23,24)25)20(22)27-15-17(8-4)12-10-6-2;2*1-2-6-10(7-3-1)11-8-4-5-9-12-11;/h1-34H;16-18H,5-15H2,1-4H3,(H,23,24,25);2*1-6,8-9H;/q;;2*-1;. The van der Waals surface area contributed by atoms with Gasteiger partial charge >= 0.3 is 11.9 Å². The summed E-state index contributed by atoms with van der Waals surface area (Å²) in [5.74, 6) is -1.61. The van der Waals surface area contributed by atoms with E-state index < -0.39 is 33.7 Å². The fraction of sp³-hybridized carbons (Fsp3) is 0.200. The molecule has 9 aromatic carbocycles. The van der Waals surface area contributed by atoms with Gasteiger partial charge in [0, 0.05) is 101 Å². The third-order valence-electron chi connectivity index (χ3n) is 17.8. The van der Waals surface area contributed by atoms with Crippen LogP contribution in [0.15, 0.2) is 304 Å². The molecule has 13 nitrogen and oxygen atoms in total. The third kappa shape index (κ3) is 22.8. The molecule has 0 saturated carbocycles. The first kappa shape index (κ1) is 78.3. The van der Waals surface area contributed by atoms with Crippen LogP contribution >= 0.6 is 0 Å². The number of hydrogen-bond donors (Lipinski definition) is 1. The molecule has 537 valence electrons. The largest absolute Gasteiger partial charge is 0.465 e. The van der Waals surface area contributed by atoms with E-state index in [0.29, 0.717) is 0 Å². The van der Waals surface area contributed by atoms with Crippen molar-refractivity contribution in [3.63, 3.8) is 0 Å². The quantitative estimate of drug-likeness (QED) is 0.0236. The van der Waals surface area contributed by atoms with E-state index >= 15 is 0 Å². The van der Waals surface area contributed by atoms with Gasteiger partial charge in [-0.1, -0.05) is 200 Å². The van der Waals surface area contributed by atoms with Gasteiger partial charge < -0.3 is 29.2 Å². The Bertz CT molecular complexity index is 4420. The summed E-state index contributed by atoms with van der Waals surface area (Å²) in [6.07, 6.45) is 14.2. The Morgan fingerprint density at radius 1 is 0.429 bits per heavy atom. The molecule has 0 aliphatic heterocycles. The van der Waals surface area contributed by atoms with Crippen LogP contribution in [-0.4, -0.2) is 63.3 Å². The van der Waals surface area contributed by atoms with Crippen LogP contribution in [0.5, 0.6) is 0 Å². The van der Waals surface area contributed by atoms with E-state index in [9.17, 15) is 22.6 Å². The molecule has 0 saturated heterocycles. The smallest absolute Gasteiger partial charge is 0.327 e. The van der Waals surface area contributed by atoms with Gasteiger partial charge in [-0.25, -0.2) is 0 Å². The van der Waals surface area contributed by atoms with E-state index in [1.165, 1.54) is 0 Å². The average molecular weight is 1590 g/mol. The summed E-state index contributed by atoms with van der Waals surface area (Å²) in [5.41, 5.74) is 16.9. The number of para-hydroxylation sites is 4. The van der Waals surface area contributed by atoms with Crippen molar-refractivity contribution in [1.29, 1.82) is 0 Å². The van der Waals surface area contributed by atoms with Crippen molar-refractivity contribution >= 4 is 78.0 Å². The van der Waals surface area contributed by atoms with Crippen molar-refractivity contribution in [2.24, 2.45) is 11.8 Å². The Labute approximate surface area is 632 Å². The van der Waals surface area contributed by atoms with Crippen LogP contribution in [0.25, 0.3) is 66.6 Å². The molecular formula is C90H88IrN6O7S-2. The zero-order valence-corrected chi connectivity index (χ0v) is 62.9. The number of nitrogens with zero attached hydrogens (tertiary/aromatic N) is 6. The molecule has 3 atom stereocenters. The number of benzene rings is 9. The Kier molecular flexibility index (Phi) is 30.5. The fourth-order valence-electron chi connectivity index (χ4n) is 11.9. The molecule has 13 rings (SSSR count). The molecule has 1 radical (unpaired) electrons. The normalized spacial score (nSPS) is 11.7. The van der Waals surface area contributed by atoms with Gasteiger partial charge in [0.25, 0.3) is 10.1 Å². The molecule has 4 aromatic heterocycles. The Morgan fingerprint density at radius 2 is 0.790 bits per heavy atom. The van der Waals surface area contributed by atoms with Crippen LogP contribution in [0.1, 0.15) is 85.5 Å². The van der Waals surface area contributed by atoms with Crippen LogP contribution in [0.3, 0.4) is 0 Å². The predicted octanol–water partition coefficient (Wildman–Crippen LogP) is 22.3. The second-order valence-corrected chi connectivity index (χ2v) is 26.7. The summed E-state index contributed by atoms with van der Waals surface area (Å²) < 4.78 is 42.8. The van der Waals surface area contributed by atoms with Crippen molar-refractivity contribution in [2.75, 3.05) is 23.0 Å². The molecule has 4 heterocycles. The number of carbonyl (C=O) groups excluding carboxylic acids is 2. The van der Waals surface area contributed by atoms with Crippen LogP contribution in [0.4, 0.5) is 34.1 Å². The monoisotopic (exact) mass is 1590 g/mol. The van der Waals surface area contributed by atoms with Crippen LogP contribution in [0, 0.1) is 24.0 Å². The van der Waals surface area contributed by atoms with E-state index in [4.69, 9.17) is 19.4 Å². The SMILES string of the molecule is CCCCC(CC)COC(=O)CC(C(=O)OCC(CC)CCCC)S(=O)(=O)O.[Ir].[c-]1ccccc1-c1ccccn1.[c-]1ccccc1-c1ccccn1.c1ccc(N(c2ccccc2)c2ccc(-c3cnc4c(ccc5cc(-c6ccc(N(c7ccccc7)c7ccccc7)cc6)cnc54)c3)cc2)cc1. The van der Waals surface area contributed by atoms with E-state index in [-0.39, 0.29) is 45.2 Å². The van der Waals surface area contributed by atoms with Crippen molar-refractivity contribution in [2.45, 2.75) is 90.7 Å². The summed E-state index contributed by atoms with van der Waals surface area (Å²) in [5, 5.41) is 0.186. The number of hydrogen-bond acceptors (Lipinski definition) is 12. The summed E-state index contributed by atoms with van der Waals surface area (Å²) >= 11 is 0. The Morgan fingerprint density at radius 3 is 1.12 bits per heavy atom. The number of carbonyl (C=O) groups is 2. The second-order valence-electron chi connectivity index (χ2n) is 25.1. The van der Waals surface area contributed by atoms with Gasteiger partial charge in [-0.15, -0.1) is 71.8 Å². The molecule has 13 aromatic rings. The van der Waals surface area contributed by atoms with Crippen molar-refractivity contribution < 1.29 is 52.1 Å². The van der Waals surface area contributed by atoms with Crippen LogP contribution < -0.4 is 9.80 Å². The van der Waals surface area contributed by atoms with Crippen LogP contribution in [-0.2, 0) is 49.3 Å². The number of ether oxygens (including phenoxy) is 2. The second kappa shape index (κ2) is 40.9. The molecule has 0 aliphatic rings. The van der Waals surface area contributed by atoms with Gasteiger partial charge in [-0.05, 0) is 144 Å². The van der Waals surface area contributed by atoms with Crippen LogP contribution in [0.2, 0.25) is 0 Å². The number of aromatic nitrogens is 4. The molecule has 3 unspecified atom stereocenters.